The normalized spacial score (nSPS) is 25.0. The van der Waals surface area contributed by atoms with E-state index in [1.54, 1.807) is 0 Å². The largest absolute Gasteiger partial charge is 0.382 e. The number of carbonyl (C=O) groups excluding carboxylic acids is 2. The van der Waals surface area contributed by atoms with Gasteiger partial charge in [0, 0.05) is 64.1 Å². The molecule has 3 rings (SSSR count). The minimum atomic E-state index is -3.59. The number of nitrogens with zero attached hydrogens (tertiary/aromatic N) is 2. The van der Waals surface area contributed by atoms with Gasteiger partial charge >= 0.3 is 12.4 Å². The number of aromatic amines is 1. The molecule has 1 saturated heterocycles. The van der Waals surface area contributed by atoms with Crippen molar-refractivity contribution in [2.24, 2.45) is 5.92 Å². The number of hydrogen-bond acceptors (Lipinski definition) is 10. The molecule has 1 aromatic heterocycles. The molecule has 2 aliphatic rings. The van der Waals surface area contributed by atoms with Gasteiger partial charge in [-0.15, -0.1) is 0 Å². The first-order valence-corrected chi connectivity index (χ1v) is 14.4. The van der Waals surface area contributed by atoms with Crippen molar-refractivity contribution in [1.29, 1.82) is 0 Å². The second-order valence-corrected chi connectivity index (χ2v) is 11.7. The zero-order valence-electron chi connectivity index (χ0n) is 20.2. The number of hydrogen-bond donors (Lipinski definition) is 3. The van der Waals surface area contributed by atoms with E-state index in [1.807, 2.05) is 0 Å². The van der Waals surface area contributed by atoms with Crippen LogP contribution in [0.4, 0.5) is 0 Å². The van der Waals surface area contributed by atoms with E-state index >= 15 is 0 Å². The molecule has 0 saturated carbocycles. The first kappa shape index (κ1) is 29.5. The molecule has 204 valence electrons. The number of aromatic nitrogens is 2. The Morgan fingerprint density at radius 1 is 1.24 bits per heavy atom. The van der Waals surface area contributed by atoms with Crippen LogP contribution in [0.2, 0.25) is 0 Å². The summed E-state index contributed by atoms with van der Waals surface area (Å²) in [7, 11) is 2.72. The Morgan fingerprint density at radius 3 is 2.57 bits per heavy atom. The molecular weight excluding hydrogens is 547 g/mol. The Morgan fingerprint density at radius 2 is 1.95 bits per heavy atom. The Bertz CT molecular complexity index is 1180. The number of H-pyrrole nitrogens is 1. The number of ether oxygens (including phenoxy) is 2. The lowest BCUT2D eigenvalue weighted by atomic mass is 9.94. The van der Waals surface area contributed by atoms with Crippen molar-refractivity contribution in [3.63, 3.8) is 0 Å². The summed E-state index contributed by atoms with van der Waals surface area (Å²) in [5.74, 6) is -1.21. The summed E-state index contributed by atoms with van der Waals surface area (Å²) in [6.07, 6.45) is 2.80. The number of imide groups is 1. The van der Waals surface area contributed by atoms with Crippen molar-refractivity contribution in [2.45, 2.75) is 37.7 Å². The highest BCUT2D eigenvalue weighted by atomic mass is 32.5. The first-order chi connectivity index (χ1) is 17.6. The zero-order valence-corrected chi connectivity index (χ0v) is 22.8. The van der Waals surface area contributed by atoms with Crippen LogP contribution < -0.4 is 16.6 Å². The highest BCUT2D eigenvalue weighted by Crippen LogP contribution is 2.50. The van der Waals surface area contributed by atoms with Crippen molar-refractivity contribution in [3.05, 3.63) is 45.3 Å². The number of amides is 2. The summed E-state index contributed by atoms with van der Waals surface area (Å²) >= 11 is 10.4. The Balaban J connectivity index is 1.67. The summed E-state index contributed by atoms with van der Waals surface area (Å²) in [4.78, 5) is 61.6. The van der Waals surface area contributed by atoms with E-state index in [-0.39, 0.29) is 25.0 Å². The van der Waals surface area contributed by atoms with E-state index in [4.69, 9.17) is 42.5 Å². The maximum atomic E-state index is 12.5. The highest BCUT2D eigenvalue weighted by molar-refractivity contribution is 8.07. The van der Waals surface area contributed by atoms with Gasteiger partial charge in [0.05, 0.1) is 11.6 Å². The average molecular weight is 577 g/mol. The molecule has 0 radical (unpaired) electrons. The van der Waals surface area contributed by atoms with E-state index in [1.165, 1.54) is 43.2 Å². The van der Waals surface area contributed by atoms with Gasteiger partial charge in [-0.3, -0.25) is 28.8 Å². The fourth-order valence-corrected chi connectivity index (χ4v) is 5.34. The minimum absolute atomic E-state index is 0.0972. The SMILES string of the molecule is COC[C@H]1O[C@@H](n2ccc(=O)[nH]c2=O)[C@@H](CCCNC(=S)CCN2C(=O)C=CC2=O)C1OP(O)(=S)OC. The topological polar surface area (TPSA) is 161 Å². The molecule has 0 bridgehead atoms. The molecule has 0 spiro atoms. The van der Waals surface area contributed by atoms with Crippen molar-refractivity contribution in [1.82, 2.24) is 19.8 Å². The summed E-state index contributed by atoms with van der Waals surface area (Å²) in [6, 6.07) is 1.21. The van der Waals surface area contributed by atoms with Gasteiger partial charge in [-0.05, 0) is 24.6 Å². The van der Waals surface area contributed by atoms with Crippen LogP contribution in [0, 0.1) is 5.92 Å². The standard InChI is InChI=1S/C21H29N4O9PS2/c1-31-12-14-19(34-35(30,37)32-2)13(20(33-14)25-10-7-15(26)23-21(25)29)4-3-9-22-16(36)8-11-24-17(27)5-6-18(24)28/h5-7,10,13-14,19-20H,3-4,8-9,11-12H2,1-2H3,(H,22,36)(H,30,37)(H,23,26,29)/t13-,14+,19?,20+,35?/m0/s1. The lowest BCUT2D eigenvalue weighted by molar-refractivity contribution is -0.136. The predicted molar refractivity (Wildman–Crippen MR) is 139 cm³/mol. The van der Waals surface area contributed by atoms with E-state index in [0.717, 1.165) is 4.90 Å². The predicted octanol–water partition coefficient (Wildman–Crippen LogP) is -0.0427. The van der Waals surface area contributed by atoms with Gasteiger partial charge in [0.1, 0.15) is 18.4 Å². The van der Waals surface area contributed by atoms with Crippen LogP contribution in [0.1, 0.15) is 25.5 Å². The molecule has 16 heteroatoms. The van der Waals surface area contributed by atoms with E-state index < -0.39 is 42.3 Å². The molecule has 13 nitrogen and oxygen atoms in total. The Labute approximate surface area is 223 Å². The third-order valence-electron chi connectivity index (χ3n) is 5.91. The first-order valence-electron chi connectivity index (χ1n) is 11.4. The van der Waals surface area contributed by atoms with Crippen LogP contribution in [0.3, 0.4) is 0 Å². The van der Waals surface area contributed by atoms with Crippen molar-refractivity contribution >= 4 is 47.5 Å². The molecule has 2 unspecified atom stereocenters. The molecule has 2 aliphatic heterocycles. The van der Waals surface area contributed by atoms with Gasteiger partial charge in [-0.2, -0.15) is 0 Å². The zero-order chi connectivity index (χ0) is 27.2. The summed E-state index contributed by atoms with van der Waals surface area (Å²) in [5.41, 5.74) is -1.21. The van der Waals surface area contributed by atoms with Gasteiger partial charge in [0.25, 0.3) is 17.4 Å². The van der Waals surface area contributed by atoms with Gasteiger partial charge in [0.15, 0.2) is 0 Å². The summed E-state index contributed by atoms with van der Waals surface area (Å²) < 4.78 is 23.3. The lowest BCUT2D eigenvalue weighted by Gasteiger charge is -2.27. The molecule has 37 heavy (non-hydrogen) atoms. The molecule has 1 fully saturated rings. The van der Waals surface area contributed by atoms with Crippen LogP contribution in [-0.2, 0) is 39.9 Å². The quantitative estimate of drug-likeness (QED) is 0.125. The maximum Gasteiger partial charge on any atom is 0.330 e. The molecule has 3 N–H and O–H groups in total. The second-order valence-electron chi connectivity index (χ2n) is 8.33. The average Bonchev–Trinajstić information content (AvgIpc) is 3.34. The number of methoxy groups -OCH3 is 1. The molecule has 3 heterocycles. The molecule has 5 atom stereocenters. The number of nitrogens with one attached hydrogen (secondary N) is 2. The summed E-state index contributed by atoms with van der Waals surface area (Å²) in [6.45, 7) is -2.87. The van der Waals surface area contributed by atoms with Crippen LogP contribution in [0.25, 0.3) is 0 Å². The van der Waals surface area contributed by atoms with Crippen LogP contribution in [-0.4, -0.2) is 82.3 Å². The van der Waals surface area contributed by atoms with Gasteiger partial charge in [0.2, 0.25) is 0 Å². The van der Waals surface area contributed by atoms with Crippen LogP contribution in [0.5, 0.6) is 0 Å². The molecule has 0 aliphatic carbocycles. The second kappa shape index (κ2) is 13.1. The molecule has 2 amide bonds. The molecule has 1 aromatic rings. The number of rotatable bonds is 13. The summed E-state index contributed by atoms with van der Waals surface area (Å²) in [5, 5.41) is 3.10. The lowest BCUT2D eigenvalue weighted by Crippen LogP contribution is -2.36. The molecular formula is C21H29N4O9PS2. The van der Waals surface area contributed by atoms with Gasteiger partial charge in [-0.1, -0.05) is 12.2 Å². The van der Waals surface area contributed by atoms with Crippen LogP contribution in [0.15, 0.2) is 34.0 Å². The van der Waals surface area contributed by atoms with Gasteiger partial charge < -0.3 is 28.7 Å². The Hall–Kier alpha value is -2.10. The highest BCUT2D eigenvalue weighted by Gasteiger charge is 2.48. The van der Waals surface area contributed by atoms with E-state index in [9.17, 15) is 24.1 Å². The third-order valence-corrected chi connectivity index (χ3v) is 7.94. The van der Waals surface area contributed by atoms with Crippen molar-refractivity contribution in [2.75, 3.05) is 33.9 Å². The van der Waals surface area contributed by atoms with Crippen molar-refractivity contribution < 1.29 is 33.0 Å². The third kappa shape index (κ3) is 7.71. The minimum Gasteiger partial charge on any atom is -0.382 e. The van der Waals surface area contributed by atoms with Gasteiger partial charge in [-0.25, -0.2) is 4.79 Å². The Kier molecular flexibility index (Phi) is 10.4. The number of carbonyl (C=O) groups is 2. The molecule has 0 aromatic carbocycles. The van der Waals surface area contributed by atoms with Crippen LogP contribution >= 0.6 is 18.9 Å². The fourth-order valence-electron chi connectivity index (χ4n) is 4.16. The van der Waals surface area contributed by atoms with E-state index in [2.05, 4.69) is 10.3 Å². The monoisotopic (exact) mass is 576 g/mol. The van der Waals surface area contributed by atoms with E-state index in [0.29, 0.717) is 30.8 Å². The fraction of sp³-hybridized carbons (Fsp3) is 0.571. The number of thiocarbonyl (C=S) groups is 1. The maximum absolute atomic E-state index is 12.5. The smallest absolute Gasteiger partial charge is 0.330 e. The van der Waals surface area contributed by atoms with Crippen molar-refractivity contribution in [3.8, 4) is 0 Å².